The second-order valence-corrected chi connectivity index (χ2v) is 7.75. The number of anilines is 1. The van der Waals surface area contributed by atoms with Gasteiger partial charge in [0.25, 0.3) is 5.91 Å². The molecule has 1 fully saturated rings. The highest BCUT2D eigenvalue weighted by Crippen LogP contribution is 2.30. The number of hydrogen-bond acceptors (Lipinski definition) is 5. The lowest BCUT2D eigenvalue weighted by Gasteiger charge is -2.34. The molecule has 1 aromatic heterocycles. The zero-order valence-corrected chi connectivity index (χ0v) is 15.5. The highest BCUT2D eigenvalue weighted by atomic mass is 32.1. The molecule has 2 aliphatic carbocycles. The van der Waals surface area contributed by atoms with Gasteiger partial charge < -0.3 is 4.74 Å². The molecule has 1 amide bonds. The first-order valence-corrected chi connectivity index (χ1v) is 10.1. The van der Waals surface area contributed by atoms with Crippen molar-refractivity contribution < 1.29 is 14.3 Å². The van der Waals surface area contributed by atoms with Crippen LogP contribution in [0.3, 0.4) is 0 Å². The topological polar surface area (TPSA) is 59.5 Å². The first kappa shape index (κ1) is 18.1. The fraction of sp³-hybridized carbons (Fsp3) is 0.632. The molecule has 25 heavy (non-hydrogen) atoms. The Morgan fingerprint density at radius 2 is 2.04 bits per heavy atom. The van der Waals surface area contributed by atoms with Crippen LogP contribution in [0.1, 0.15) is 58.3 Å². The van der Waals surface area contributed by atoms with E-state index in [0.29, 0.717) is 11.6 Å². The van der Waals surface area contributed by atoms with Gasteiger partial charge in [0.1, 0.15) is 0 Å². The van der Waals surface area contributed by atoms with E-state index in [9.17, 15) is 9.59 Å². The third-order valence-corrected chi connectivity index (χ3v) is 5.82. The number of carbonyl (C=O) groups excluding carboxylic acids is 2. The van der Waals surface area contributed by atoms with Gasteiger partial charge in [-0.05, 0) is 39.0 Å². The van der Waals surface area contributed by atoms with Gasteiger partial charge >= 0.3 is 5.97 Å². The second kappa shape index (κ2) is 8.61. The number of esters is 1. The van der Waals surface area contributed by atoms with Crippen LogP contribution >= 0.6 is 11.3 Å². The van der Waals surface area contributed by atoms with Crippen molar-refractivity contribution in [2.75, 3.05) is 4.90 Å². The van der Waals surface area contributed by atoms with Crippen molar-refractivity contribution in [3.8, 4) is 0 Å². The van der Waals surface area contributed by atoms with Crippen molar-refractivity contribution in [1.29, 1.82) is 0 Å². The molecule has 0 spiro atoms. The first-order chi connectivity index (χ1) is 12.2. The molecule has 3 rings (SSSR count). The van der Waals surface area contributed by atoms with Gasteiger partial charge in [-0.2, -0.15) is 0 Å². The Morgan fingerprint density at radius 1 is 1.24 bits per heavy atom. The van der Waals surface area contributed by atoms with E-state index < -0.39 is 6.10 Å². The van der Waals surface area contributed by atoms with Crippen molar-refractivity contribution >= 4 is 28.3 Å². The molecule has 0 radical (unpaired) electrons. The summed E-state index contributed by atoms with van der Waals surface area (Å²) in [5, 5.41) is 2.59. The molecule has 2 atom stereocenters. The maximum Gasteiger partial charge on any atom is 0.310 e. The Morgan fingerprint density at radius 3 is 2.68 bits per heavy atom. The summed E-state index contributed by atoms with van der Waals surface area (Å²) in [5.41, 5.74) is 0. The summed E-state index contributed by atoms with van der Waals surface area (Å²) >= 11 is 1.46. The first-order valence-electron chi connectivity index (χ1n) is 9.25. The Hall–Kier alpha value is -1.69. The lowest BCUT2D eigenvalue weighted by atomic mass is 9.94. The van der Waals surface area contributed by atoms with Crippen molar-refractivity contribution in [3.05, 3.63) is 23.7 Å². The van der Waals surface area contributed by atoms with Crippen LogP contribution in [-0.4, -0.2) is 29.0 Å². The largest absolute Gasteiger partial charge is 0.452 e. The van der Waals surface area contributed by atoms with Crippen LogP contribution in [0.25, 0.3) is 0 Å². The van der Waals surface area contributed by atoms with Gasteiger partial charge in [-0.25, -0.2) is 4.98 Å². The molecule has 2 aliphatic rings. The average molecular weight is 362 g/mol. The van der Waals surface area contributed by atoms with Gasteiger partial charge in [0.05, 0.1) is 5.92 Å². The number of allylic oxidation sites excluding steroid dienone is 2. The van der Waals surface area contributed by atoms with E-state index in [0.717, 1.165) is 38.5 Å². The molecule has 0 bridgehead atoms. The summed E-state index contributed by atoms with van der Waals surface area (Å²) in [6.45, 7) is 1.68. The van der Waals surface area contributed by atoms with Crippen LogP contribution in [0.15, 0.2) is 23.7 Å². The minimum absolute atomic E-state index is 0.122. The van der Waals surface area contributed by atoms with E-state index in [4.69, 9.17) is 4.74 Å². The second-order valence-electron chi connectivity index (χ2n) is 6.88. The Kier molecular flexibility index (Phi) is 6.24. The standard InChI is InChI=1S/C19H26N2O3S/c1-14(24-18(23)15-8-4-2-5-9-15)17(22)21(19-20-12-13-25-19)16-10-6-3-7-11-16/h2,4,12-16H,3,5-11H2,1H3. The quantitative estimate of drug-likeness (QED) is 0.584. The zero-order chi connectivity index (χ0) is 17.6. The normalized spacial score (nSPS) is 22.4. The van der Waals surface area contributed by atoms with E-state index in [1.807, 2.05) is 11.5 Å². The summed E-state index contributed by atoms with van der Waals surface area (Å²) in [6, 6.07) is 0.158. The summed E-state index contributed by atoms with van der Waals surface area (Å²) in [5.74, 6) is -0.530. The van der Waals surface area contributed by atoms with Gasteiger partial charge in [0.15, 0.2) is 11.2 Å². The van der Waals surface area contributed by atoms with E-state index in [1.54, 1.807) is 18.0 Å². The molecule has 2 unspecified atom stereocenters. The third-order valence-electron chi connectivity index (χ3n) is 5.05. The summed E-state index contributed by atoms with van der Waals surface area (Å²) < 4.78 is 5.53. The smallest absolute Gasteiger partial charge is 0.310 e. The molecule has 1 aromatic rings. The van der Waals surface area contributed by atoms with Crippen molar-refractivity contribution in [3.63, 3.8) is 0 Å². The molecular formula is C19H26N2O3S. The molecule has 6 heteroatoms. The van der Waals surface area contributed by atoms with Crippen LogP contribution in [0.2, 0.25) is 0 Å². The molecule has 1 heterocycles. The molecule has 1 saturated carbocycles. The zero-order valence-electron chi connectivity index (χ0n) is 14.7. The molecule has 0 aromatic carbocycles. The minimum atomic E-state index is -0.774. The van der Waals surface area contributed by atoms with Gasteiger partial charge in [-0.3, -0.25) is 14.5 Å². The Balaban J connectivity index is 1.68. The van der Waals surface area contributed by atoms with Gasteiger partial charge in [-0.1, -0.05) is 31.4 Å². The van der Waals surface area contributed by atoms with E-state index in [2.05, 4.69) is 11.1 Å². The van der Waals surface area contributed by atoms with Crippen molar-refractivity contribution in [2.45, 2.75) is 70.4 Å². The number of amides is 1. The molecule has 0 saturated heterocycles. The van der Waals surface area contributed by atoms with Crippen LogP contribution < -0.4 is 4.90 Å². The maximum absolute atomic E-state index is 13.1. The number of thiazole rings is 1. The molecule has 0 N–H and O–H groups in total. The van der Waals surface area contributed by atoms with Crippen LogP contribution in [0.5, 0.6) is 0 Å². The summed E-state index contributed by atoms with van der Waals surface area (Å²) in [7, 11) is 0. The number of hydrogen-bond donors (Lipinski definition) is 0. The van der Waals surface area contributed by atoms with Crippen LogP contribution in [0, 0.1) is 5.92 Å². The Bertz CT molecular complexity index is 608. The number of nitrogens with zero attached hydrogens (tertiary/aromatic N) is 2. The third kappa shape index (κ3) is 4.48. The highest BCUT2D eigenvalue weighted by molar-refractivity contribution is 7.13. The summed E-state index contributed by atoms with van der Waals surface area (Å²) in [6.07, 6.45) is 12.9. The fourth-order valence-corrected chi connectivity index (χ4v) is 4.35. The van der Waals surface area contributed by atoms with Crippen LogP contribution in [-0.2, 0) is 14.3 Å². The van der Waals surface area contributed by atoms with Gasteiger partial charge in [-0.15, -0.1) is 11.3 Å². The van der Waals surface area contributed by atoms with Gasteiger partial charge in [0.2, 0.25) is 0 Å². The molecule has 0 aliphatic heterocycles. The lowest BCUT2D eigenvalue weighted by molar-refractivity contribution is -0.158. The van der Waals surface area contributed by atoms with Crippen LogP contribution in [0.4, 0.5) is 5.13 Å². The SMILES string of the molecule is CC(OC(=O)C1CC=CCC1)C(=O)N(c1nccs1)C1CCCCC1. The van der Waals surface area contributed by atoms with Gasteiger partial charge in [0, 0.05) is 17.6 Å². The van der Waals surface area contributed by atoms with E-state index in [-0.39, 0.29) is 23.8 Å². The highest BCUT2D eigenvalue weighted by Gasteiger charge is 2.34. The fourth-order valence-electron chi connectivity index (χ4n) is 3.63. The predicted molar refractivity (Wildman–Crippen MR) is 98.5 cm³/mol. The Labute approximate surface area is 153 Å². The molecule has 5 nitrogen and oxygen atoms in total. The monoisotopic (exact) mass is 362 g/mol. The molecule has 136 valence electrons. The number of rotatable bonds is 5. The van der Waals surface area contributed by atoms with Crippen molar-refractivity contribution in [2.24, 2.45) is 5.92 Å². The summed E-state index contributed by atoms with van der Waals surface area (Å²) in [4.78, 5) is 31.5. The van der Waals surface area contributed by atoms with E-state index in [1.165, 1.54) is 17.8 Å². The number of aromatic nitrogens is 1. The minimum Gasteiger partial charge on any atom is -0.452 e. The lowest BCUT2D eigenvalue weighted by Crippen LogP contribution is -2.47. The number of carbonyl (C=O) groups is 2. The predicted octanol–water partition coefficient (Wildman–Crippen LogP) is 4.10. The molecular weight excluding hydrogens is 336 g/mol. The number of ether oxygens (including phenoxy) is 1. The van der Waals surface area contributed by atoms with E-state index >= 15 is 0 Å². The average Bonchev–Trinajstić information content (AvgIpc) is 3.17. The maximum atomic E-state index is 13.1. The van der Waals surface area contributed by atoms with Crippen molar-refractivity contribution in [1.82, 2.24) is 4.98 Å².